The fraction of sp³-hybridized carbons (Fsp3) is 0.833. The number of aliphatic hydroxyl groups is 4. The number of carboxylic acid groups (broad SMARTS) is 1. The lowest BCUT2D eigenvalue weighted by atomic mass is 9.98. The van der Waals surface area contributed by atoms with Gasteiger partial charge >= 0.3 is 5.97 Å². The normalized spacial score (nSPS) is 18.3. The van der Waals surface area contributed by atoms with Gasteiger partial charge in [-0.05, 0) is 0 Å². The molecule has 0 aromatic rings. The van der Waals surface area contributed by atoms with Crippen molar-refractivity contribution in [2.75, 3.05) is 13.2 Å². The average Bonchev–Trinajstić information content (AvgIpc) is 2.03. The number of hydrogen-bond acceptors (Lipinski definition) is 5. The van der Waals surface area contributed by atoms with Crippen LogP contribution in [0.25, 0.3) is 0 Å². The van der Waals surface area contributed by atoms with Crippen LogP contribution in [-0.2, 0) is 4.79 Å². The minimum Gasteiger partial charge on any atom is -0.479 e. The quantitative estimate of drug-likeness (QED) is 0.320. The van der Waals surface area contributed by atoms with Crippen molar-refractivity contribution in [2.24, 2.45) is 0 Å². The van der Waals surface area contributed by atoms with Gasteiger partial charge < -0.3 is 25.5 Å². The highest BCUT2D eigenvalue weighted by Gasteiger charge is 2.37. The van der Waals surface area contributed by atoms with Gasteiger partial charge in [-0.25, -0.2) is 4.79 Å². The highest BCUT2D eigenvalue weighted by molar-refractivity contribution is 5.77. The van der Waals surface area contributed by atoms with E-state index in [1.165, 1.54) is 0 Å². The molecular formula is C6H12O6. The standard InChI is InChI=1S/C6H12O6/c7-2-4(9)1-6(12,3-8)5(10)11/h4,7-9,12H,1-3H2,(H,10,11)/t4-,6+/m0/s1. The van der Waals surface area contributed by atoms with Gasteiger partial charge in [0, 0.05) is 6.42 Å². The number of carboxylic acids is 1. The summed E-state index contributed by atoms with van der Waals surface area (Å²) in [5.74, 6) is -1.63. The maximum absolute atomic E-state index is 10.3. The molecule has 0 spiro atoms. The fourth-order valence-corrected chi connectivity index (χ4v) is 0.674. The molecule has 6 nitrogen and oxygen atoms in total. The van der Waals surface area contributed by atoms with Crippen molar-refractivity contribution in [3.63, 3.8) is 0 Å². The van der Waals surface area contributed by atoms with E-state index >= 15 is 0 Å². The molecule has 0 heterocycles. The van der Waals surface area contributed by atoms with E-state index in [1.54, 1.807) is 0 Å². The first-order valence-electron chi connectivity index (χ1n) is 3.32. The molecule has 2 atom stereocenters. The maximum atomic E-state index is 10.3. The summed E-state index contributed by atoms with van der Waals surface area (Å²) in [6.45, 7) is -1.66. The van der Waals surface area contributed by atoms with Gasteiger partial charge in [-0.15, -0.1) is 0 Å². The SMILES string of the molecule is O=C(O)[C@](O)(CO)C[C@H](O)CO. The summed E-state index contributed by atoms with van der Waals surface area (Å²) in [7, 11) is 0. The van der Waals surface area contributed by atoms with Gasteiger partial charge in [-0.2, -0.15) is 0 Å². The van der Waals surface area contributed by atoms with Gasteiger partial charge in [0.1, 0.15) is 0 Å². The van der Waals surface area contributed by atoms with Crippen molar-refractivity contribution in [1.82, 2.24) is 0 Å². The zero-order chi connectivity index (χ0) is 9.78. The fourth-order valence-electron chi connectivity index (χ4n) is 0.674. The number of carbonyl (C=O) groups is 1. The van der Waals surface area contributed by atoms with Gasteiger partial charge in [0.15, 0.2) is 5.60 Å². The van der Waals surface area contributed by atoms with Gasteiger partial charge in [0.2, 0.25) is 0 Å². The second kappa shape index (κ2) is 4.36. The lowest BCUT2D eigenvalue weighted by Crippen LogP contribution is -2.45. The predicted molar refractivity (Wildman–Crippen MR) is 37.4 cm³/mol. The first-order valence-corrected chi connectivity index (χ1v) is 3.32. The topological polar surface area (TPSA) is 118 Å². The van der Waals surface area contributed by atoms with Crippen molar-refractivity contribution in [3.05, 3.63) is 0 Å². The zero-order valence-electron chi connectivity index (χ0n) is 6.34. The molecule has 72 valence electrons. The van der Waals surface area contributed by atoms with E-state index in [0.717, 1.165) is 0 Å². The summed E-state index contributed by atoms with van der Waals surface area (Å²) < 4.78 is 0. The van der Waals surface area contributed by atoms with Gasteiger partial charge in [-0.3, -0.25) is 0 Å². The summed E-state index contributed by atoms with van der Waals surface area (Å²) in [5.41, 5.74) is -2.37. The molecule has 0 aliphatic heterocycles. The van der Waals surface area contributed by atoms with E-state index < -0.39 is 37.3 Å². The summed E-state index contributed by atoms with van der Waals surface area (Å²) in [5, 5.41) is 43.1. The molecule has 6 heteroatoms. The summed E-state index contributed by atoms with van der Waals surface area (Å²) >= 11 is 0. The van der Waals surface area contributed by atoms with E-state index in [2.05, 4.69) is 0 Å². The minimum absolute atomic E-state index is 0.602. The Morgan fingerprint density at radius 1 is 1.42 bits per heavy atom. The zero-order valence-corrected chi connectivity index (χ0v) is 6.34. The van der Waals surface area contributed by atoms with E-state index in [-0.39, 0.29) is 0 Å². The van der Waals surface area contributed by atoms with Crippen LogP contribution >= 0.6 is 0 Å². The monoisotopic (exact) mass is 180 g/mol. The van der Waals surface area contributed by atoms with Crippen LogP contribution in [0.5, 0.6) is 0 Å². The van der Waals surface area contributed by atoms with Crippen LogP contribution in [0.3, 0.4) is 0 Å². The molecule has 0 aliphatic rings. The third-order valence-corrected chi connectivity index (χ3v) is 1.44. The first-order chi connectivity index (χ1) is 5.46. The molecule has 0 unspecified atom stereocenters. The third-order valence-electron chi connectivity index (χ3n) is 1.44. The Morgan fingerprint density at radius 2 is 1.92 bits per heavy atom. The molecule has 5 N–H and O–H groups in total. The molecule has 0 saturated heterocycles. The molecular weight excluding hydrogens is 168 g/mol. The highest BCUT2D eigenvalue weighted by Crippen LogP contribution is 2.12. The number of aliphatic hydroxyl groups excluding tert-OH is 3. The second-order valence-corrected chi connectivity index (χ2v) is 2.54. The number of rotatable bonds is 5. The van der Waals surface area contributed by atoms with Gasteiger partial charge in [0.05, 0.1) is 19.3 Å². The molecule has 12 heavy (non-hydrogen) atoms. The summed E-state index contributed by atoms with van der Waals surface area (Å²) in [6.07, 6.45) is -1.95. The Morgan fingerprint density at radius 3 is 2.17 bits per heavy atom. The Hall–Kier alpha value is -0.690. The van der Waals surface area contributed by atoms with E-state index in [0.29, 0.717) is 0 Å². The third kappa shape index (κ3) is 2.74. The maximum Gasteiger partial charge on any atom is 0.338 e. The van der Waals surface area contributed by atoms with Crippen molar-refractivity contribution in [3.8, 4) is 0 Å². The van der Waals surface area contributed by atoms with Gasteiger partial charge in [0.25, 0.3) is 0 Å². The van der Waals surface area contributed by atoms with Crippen LogP contribution in [0, 0.1) is 0 Å². The molecule has 0 aromatic carbocycles. The van der Waals surface area contributed by atoms with Crippen LogP contribution in [0.15, 0.2) is 0 Å². The largest absolute Gasteiger partial charge is 0.479 e. The predicted octanol–water partition coefficient (Wildman–Crippen LogP) is -2.46. The average molecular weight is 180 g/mol. The molecule has 0 radical (unpaired) electrons. The van der Waals surface area contributed by atoms with Crippen molar-refractivity contribution < 1.29 is 30.3 Å². The van der Waals surface area contributed by atoms with Crippen LogP contribution in [-0.4, -0.2) is 56.4 Å². The lowest BCUT2D eigenvalue weighted by Gasteiger charge is -2.22. The Labute approximate surface area is 68.7 Å². The van der Waals surface area contributed by atoms with Crippen LogP contribution in [0.1, 0.15) is 6.42 Å². The summed E-state index contributed by atoms with van der Waals surface area (Å²) in [6, 6.07) is 0. The van der Waals surface area contributed by atoms with Crippen LogP contribution in [0.2, 0.25) is 0 Å². The molecule has 0 fully saturated rings. The number of aliphatic carboxylic acids is 1. The van der Waals surface area contributed by atoms with Crippen molar-refractivity contribution >= 4 is 5.97 Å². The molecule has 0 saturated carbocycles. The minimum atomic E-state index is -2.37. The van der Waals surface area contributed by atoms with Gasteiger partial charge in [-0.1, -0.05) is 0 Å². The van der Waals surface area contributed by atoms with Crippen LogP contribution in [0.4, 0.5) is 0 Å². The molecule has 0 bridgehead atoms. The first kappa shape index (κ1) is 11.3. The second-order valence-electron chi connectivity index (χ2n) is 2.54. The number of hydrogen-bond donors (Lipinski definition) is 5. The van der Waals surface area contributed by atoms with E-state index in [4.69, 9.17) is 25.5 Å². The van der Waals surface area contributed by atoms with E-state index in [1.807, 2.05) is 0 Å². The van der Waals surface area contributed by atoms with Crippen LogP contribution < -0.4 is 0 Å². The Kier molecular flexibility index (Phi) is 4.11. The van der Waals surface area contributed by atoms with E-state index in [9.17, 15) is 4.79 Å². The van der Waals surface area contributed by atoms with Crippen molar-refractivity contribution in [1.29, 1.82) is 0 Å². The Balaban J connectivity index is 4.23. The highest BCUT2D eigenvalue weighted by atomic mass is 16.4. The molecule has 0 aromatic heterocycles. The lowest BCUT2D eigenvalue weighted by molar-refractivity contribution is -0.167. The Bertz CT molecular complexity index is 158. The molecule has 0 aliphatic carbocycles. The summed E-state index contributed by atoms with van der Waals surface area (Å²) in [4.78, 5) is 10.3. The molecule has 0 rings (SSSR count). The molecule has 0 amide bonds. The van der Waals surface area contributed by atoms with Crippen molar-refractivity contribution in [2.45, 2.75) is 18.1 Å². The smallest absolute Gasteiger partial charge is 0.338 e.